The summed E-state index contributed by atoms with van der Waals surface area (Å²) >= 11 is 0. The number of alkyl halides is 3. The van der Waals surface area contributed by atoms with Crippen molar-refractivity contribution in [2.24, 2.45) is 5.92 Å². The van der Waals surface area contributed by atoms with Crippen LogP contribution < -0.4 is 4.31 Å². The van der Waals surface area contributed by atoms with Gasteiger partial charge in [0.2, 0.25) is 15.9 Å². The standard InChI is InChI=1S/C31H39F5N4O4S/c1-19-14-28(40(45(3,42)43)18-31(34,35)36)29(37-20(19)2)21-6-10-38(11-7-21)30(41)26-17-39(23-8-12-44-13-9-23)16-25(26)24-5-4-22(32)15-27(24)33/h4-5,14-15,21,23,25-26H,6-13,16-18H2,1-3H3. The first-order valence-corrected chi connectivity index (χ1v) is 17.1. The van der Waals surface area contributed by atoms with Crippen molar-refractivity contribution in [3.63, 3.8) is 0 Å². The van der Waals surface area contributed by atoms with Gasteiger partial charge in [0.1, 0.15) is 18.2 Å². The van der Waals surface area contributed by atoms with E-state index in [4.69, 9.17) is 4.74 Å². The first-order valence-electron chi connectivity index (χ1n) is 15.2. The van der Waals surface area contributed by atoms with Gasteiger partial charge in [-0.1, -0.05) is 6.07 Å². The summed E-state index contributed by atoms with van der Waals surface area (Å²) in [6.45, 7) is 4.36. The Labute approximate surface area is 260 Å². The molecule has 8 nitrogen and oxygen atoms in total. The zero-order valence-electron chi connectivity index (χ0n) is 25.6. The number of pyridine rings is 1. The summed E-state index contributed by atoms with van der Waals surface area (Å²) in [5.74, 6) is -2.95. The maximum Gasteiger partial charge on any atom is 0.407 e. The topological polar surface area (TPSA) is 83.1 Å². The van der Waals surface area contributed by atoms with E-state index in [0.717, 1.165) is 25.2 Å². The number of likely N-dealkylation sites (tertiary alicyclic amines) is 2. The Hall–Kier alpha value is -2.84. The molecule has 0 bridgehead atoms. The van der Waals surface area contributed by atoms with Gasteiger partial charge in [0, 0.05) is 69.0 Å². The third-order valence-corrected chi connectivity index (χ3v) is 10.5. The van der Waals surface area contributed by atoms with Crippen molar-refractivity contribution in [3.8, 4) is 0 Å². The monoisotopic (exact) mass is 658 g/mol. The van der Waals surface area contributed by atoms with Gasteiger partial charge in [0.15, 0.2) is 0 Å². The summed E-state index contributed by atoms with van der Waals surface area (Å²) in [5.41, 5.74) is 1.60. The number of hydrogen-bond donors (Lipinski definition) is 0. The zero-order valence-corrected chi connectivity index (χ0v) is 26.4. The van der Waals surface area contributed by atoms with Crippen LogP contribution in [0.3, 0.4) is 0 Å². The van der Waals surface area contributed by atoms with E-state index >= 15 is 4.39 Å². The van der Waals surface area contributed by atoms with Gasteiger partial charge in [-0.2, -0.15) is 13.2 Å². The molecular weight excluding hydrogens is 619 g/mol. The van der Waals surface area contributed by atoms with Crippen molar-refractivity contribution in [1.82, 2.24) is 14.8 Å². The van der Waals surface area contributed by atoms with Crippen molar-refractivity contribution < 1.29 is 39.9 Å². The van der Waals surface area contributed by atoms with Gasteiger partial charge in [-0.3, -0.25) is 19.0 Å². The number of piperidine rings is 1. The maximum absolute atomic E-state index is 15.0. The Morgan fingerprint density at radius 1 is 1.04 bits per heavy atom. The van der Waals surface area contributed by atoms with Crippen LogP contribution in [-0.4, -0.2) is 93.5 Å². The molecule has 0 N–H and O–H groups in total. The lowest BCUT2D eigenvalue weighted by atomic mass is 9.86. The lowest BCUT2D eigenvalue weighted by Crippen LogP contribution is -2.44. The van der Waals surface area contributed by atoms with Crippen molar-refractivity contribution in [2.75, 3.05) is 56.5 Å². The van der Waals surface area contributed by atoms with Crippen LogP contribution in [0.25, 0.3) is 0 Å². The molecule has 3 aliphatic rings. The van der Waals surface area contributed by atoms with E-state index in [1.807, 2.05) is 0 Å². The Kier molecular flexibility index (Phi) is 9.77. The van der Waals surface area contributed by atoms with Gasteiger partial charge in [0.05, 0.1) is 23.6 Å². The van der Waals surface area contributed by atoms with Crippen LogP contribution in [0, 0.1) is 31.4 Å². The molecule has 5 rings (SSSR count). The van der Waals surface area contributed by atoms with Crippen LogP contribution in [0.2, 0.25) is 0 Å². The molecule has 1 amide bonds. The molecule has 3 saturated heterocycles. The van der Waals surface area contributed by atoms with Gasteiger partial charge in [0.25, 0.3) is 0 Å². The number of amides is 1. The molecule has 2 unspecified atom stereocenters. The zero-order chi connectivity index (χ0) is 32.7. The first kappa shape index (κ1) is 33.5. The van der Waals surface area contributed by atoms with E-state index in [0.29, 0.717) is 60.3 Å². The number of halogens is 5. The second-order valence-electron chi connectivity index (χ2n) is 12.5. The maximum atomic E-state index is 15.0. The molecule has 3 aliphatic heterocycles. The predicted octanol–water partition coefficient (Wildman–Crippen LogP) is 4.91. The highest BCUT2D eigenvalue weighted by atomic mass is 32.2. The minimum absolute atomic E-state index is 0.0996. The summed E-state index contributed by atoms with van der Waals surface area (Å²) in [5, 5.41) is 0. The van der Waals surface area contributed by atoms with Crippen LogP contribution in [0.1, 0.15) is 60.0 Å². The summed E-state index contributed by atoms with van der Waals surface area (Å²) < 4.78 is 100. The van der Waals surface area contributed by atoms with Crippen molar-refractivity contribution >= 4 is 21.6 Å². The molecule has 1 aromatic carbocycles. The summed E-state index contributed by atoms with van der Waals surface area (Å²) in [6.07, 6.45) is -1.70. The largest absolute Gasteiger partial charge is 0.407 e. The quantitative estimate of drug-likeness (QED) is 0.394. The van der Waals surface area contributed by atoms with Crippen LogP contribution in [-0.2, 0) is 19.6 Å². The molecule has 3 fully saturated rings. The second-order valence-corrected chi connectivity index (χ2v) is 14.4. The normalized spacial score (nSPS) is 22.6. The number of sulfonamides is 1. The number of hydrogen-bond acceptors (Lipinski definition) is 6. The first-order chi connectivity index (χ1) is 21.1. The molecule has 1 aromatic heterocycles. The summed E-state index contributed by atoms with van der Waals surface area (Å²) in [6, 6.07) is 5.09. The molecule has 248 valence electrons. The van der Waals surface area contributed by atoms with Gasteiger partial charge >= 0.3 is 6.18 Å². The van der Waals surface area contributed by atoms with Crippen LogP contribution in [0.15, 0.2) is 24.3 Å². The number of ether oxygens (including phenoxy) is 1. The highest BCUT2D eigenvalue weighted by Gasteiger charge is 2.44. The number of nitrogens with zero attached hydrogens (tertiary/aromatic N) is 4. The SMILES string of the molecule is Cc1cc(N(CC(F)(F)F)S(C)(=O)=O)c(C2CCN(C(=O)C3CN(C4CCOCC4)CC3c3ccc(F)cc3F)CC2)nc1C. The van der Waals surface area contributed by atoms with Crippen molar-refractivity contribution in [3.05, 3.63) is 58.4 Å². The molecule has 0 spiro atoms. The third-order valence-electron chi connectivity index (χ3n) is 9.39. The smallest absolute Gasteiger partial charge is 0.381 e. The Bertz CT molecular complexity index is 1510. The molecule has 2 aromatic rings. The van der Waals surface area contributed by atoms with Crippen LogP contribution in [0.4, 0.5) is 27.6 Å². The van der Waals surface area contributed by atoms with E-state index in [1.54, 1.807) is 18.7 Å². The van der Waals surface area contributed by atoms with Crippen LogP contribution in [0.5, 0.6) is 0 Å². The molecule has 45 heavy (non-hydrogen) atoms. The van der Waals surface area contributed by atoms with E-state index < -0.39 is 46.2 Å². The summed E-state index contributed by atoms with van der Waals surface area (Å²) in [4.78, 5) is 22.5. The third kappa shape index (κ3) is 7.60. The predicted molar refractivity (Wildman–Crippen MR) is 159 cm³/mol. The fourth-order valence-corrected chi connectivity index (χ4v) is 7.80. The average molecular weight is 659 g/mol. The second kappa shape index (κ2) is 13.1. The highest BCUT2D eigenvalue weighted by Crippen LogP contribution is 2.40. The van der Waals surface area contributed by atoms with Crippen molar-refractivity contribution in [2.45, 2.75) is 63.6 Å². The Morgan fingerprint density at radius 3 is 2.31 bits per heavy atom. The lowest BCUT2D eigenvalue weighted by molar-refractivity contribution is -0.136. The number of aryl methyl sites for hydroxylation is 2. The molecule has 14 heteroatoms. The number of aromatic nitrogens is 1. The lowest BCUT2D eigenvalue weighted by Gasteiger charge is -2.36. The van der Waals surface area contributed by atoms with E-state index in [9.17, 15) is 30.8 Å². The van der Waals surface area contributed by atoms with E-state index in [2.05, 4.69) is 9.88 Å². The average Bonchev–Trinajstić information content (AvgIpc) is 3.41. The fourth-order valence-electron chi connectivity index (χ4n) is 6.91. The van der Waals surface area contributed by atoms with Gasteiger partial charge in [-0.25, -0.2) is 17.2 Å². The van der Waals surface area contributed by atoms with Crippen molar-refractivity contribution in [1.29, 1.82) is 0 Å². The minimum atomic E-state index is -4.77. The fraction of sp³-hybridized carbons (Fsp3) is 0.613. The Morgan fingerprint density at radius 2 is 1.71 bits per heavy atom. The summed E-state index contributed by atoms with van der Waals surface area (Å²) in [7, 11) is -4.29. The minimum Gasteiger partial charge on any atom is -0.381 e. The number of anilines is 1. The van der Waals surface area contributed by atoms with Gasteiger partial charge < -0.3 is 9.64 Å². The molecule has 0 saturated carbocycles. The molecular formula is C31H39F5N4O4S. The Balaban J connectivity index is 1.37. The number of carbonyl (C=O) groups is 1. The van der Waals surface area contributed by atoms with E-state index in [-0.39, 0.29) is 42.3 Å². The number of benzene rings is 1. The van der Waals surface area contributed by atoms with Crippen LogP contribution >= 0.6 is 0 Å². The van der Waals surface area contributed by atoms with Gasteiger partial charge in [-0.05, 0) is 62.8 Å². The molecule has 0 radical (unpaired) electrons. The number of carbonyl (C=O) groups excluding carboxylic acids is 1. The molecule has 4 heterocycles. The molecule has 2 atom stereocenters. The highest BCUT2D eigenvalue weighted by molar-refractivity contribution is 7.92. The van der Waals surface area contributed by atoms with E-state index in [1.165, 1.54) is 18.2 Å². The molecule has 0 aliphatic carbocycles. The number of rotatable bonds is 7. The van der Waals surface area contributed by atoms with Gasteiger partial charge in [-0.15, -0.1) is 0 Å².